The first kappa shape index (κ1) is 31.4. The Labute approximate surface area is 253 Å². The van der Waals surface area contributed by atoms with Crippen LogP contribution in [0.15, 0.2) is 77.7 Å². The van der Waals surface area contributed by atoms with Crippen LogP contribution in [0.2, 0.25) is 5.02 Å². The van der Waals surface area contributed by atoms with Crippen LogP contribution in [0.5, 0.6) is 5.75 Å². The molecule has 42 heavy (non-hydrogen) atoms. The highest BCUT2D eigenvalue weighted by Gasteiger charge is 2.34. The number of carbonyl (C=O) groups is 2. The van der Waals surface area contributed by atoms with Gasteiger partial charge in [0.2, 0.25) is 11.8 Å². The van der Waals surface area contributed by atoms with Crippen LogP contribution < -0.4 is 14.4 Å². The minimum absolute atomic E-state index is 0.0358. The van der Waals surface area contributed by atoms with Crippen molar-refractivity contribution in [3.8, 4) is 5.75 Å². The van der Waals surface area contributed by atoms with Gasteiger partial charge in [0.05, 0.1) is 17.7 Å². The lowest BCUT2D eigenvalue weighted by atomic mass is 9.95. The maximum atomic E-state index is 14.2. The molecule has 0 spiro atoms. The van der Waals surface area contributed by atoms with Crippen molar-refractivity contribution in [2.24, 2.45) is 0 Å². The number of nitrogens with one attached hydrogen (secondary N) is 1. The van der Waals surface area contributed by atoms with Gasteiger partial charge in [-0.05, 0) is 74.2 Å². The second-order valence-corrected chi connectivity index (χ2v) is 13.0. The first-order valence-corrected chi connectivity index (χ1v) is 16.0. The Morgan fingerprint density at radius 3 is 2.31 bits per heavy atom. The summed E-state index contributed by atoms with van der Waals surface area (Å²) in [7, 11) is -2.74. The van der Waals surface area contributed by atoms with Crippen molar-refractivity contribution in [1.29, 1.82) is 0 Å². The van der Waals surface area contributed by atoms with E-state index in [1.54, 1.807) is 61.5 Å². The number of carbonyl (C=O) groups excluding carboxylic acids is 2. The molecule has 10 heteroatoms. The average molecular weight is 612 g/mol. The number of hydrogen-bond donors (Lipinski definition) is 1. The Morgan fingerprint density at radius 2 is 1.67 bits per heavy atom. The van der Waals surface area contributed by atoms with Gasteiger partial charge < -0.3 is 15.0 Å². The zero-order valence-corrected chi connectivity index (χ0v) is 25.8. The Morgan fingerprint density at radius 1 is 1.00 bits per heavy atom. The van der Waals surface area contributed by atoms with Gasteiger partial charge in [-0.3, -0.25) is 13.9 Å². The Kier molecular flexibility index (Phi) is 10.5. The molecule has 2 amide bonds. The quantitative estimate of drug-likeness (QED) is 0.299. The highest BCUT2D eigenvalue weighted by atomic mass is 35.5. The molecule has 0 radical (unpaired) electrons. The molecule has 1 atom stereocenters. The van der Waals surface area contributed by atoms with Gasteiger partial charge in [-0.15, -0.1) is 0 Å². The third-order valence-corrected chi connectivity index (χ3v) is 9.62. The molecule has 0 aliphatic heterocycles. The smallest absolute Gasteiger partial charge is 0.264 e. The van der Waals surface area contributed by atoms with E-state index in [0.29, 0.717) is 10.8 Å². The van der Waals surface area contributed by atoms with Crippen molar-refractivity contribution in [3.05, 3.63) is 88.9 Å². The number of halogens is 1. The van der Waals surface area contributed by atoms with Gasteiger partial charge in [-0.1, -0.05) is 67.3 Å². The van der Waals surface area contributed by atoms with Gasteiger partial charge in [0, 0.05) is 17.6 Å². The first-order chi connectivity index (χ1) is 20.1. The summed E-state index contributed by atoms with van der Waals surface area (Å²) in [6.45, 7) is 3.07. The van der Waals surface area contributed by atoms with E-state index in [9.17, 15) is 18.0 Å². The lowest BCUT2D eigenvalue weighted by Gasteiger charge is -2.33. The largest absolute Gasteiger partial charge is 0.495 e. The Hall–Kier alpha value is -3.56. The van der Waals surface area contributed by atoms with E-state index >= 15 is 0 Å². The fraction of sp³-hybridized carbons (Fsp3) is 0.375. The van der Waals surface area contributed by atoms with E-state index in [1.165, 1.54) is 24.1 Å². The second kappa shape index (κ2) is 14.1. The maximum absolute atomic E-state index is 14.2. The first-order valence-electron chi connectivity index (χ1n) is 14.2. The van der Waals surface area contributed by atoms with Crippen molar-refractivity contribution >= 4 is 39.1 Å². The molecule has 1 aliphatic carbocycles. The number of aryl methyl sites for hydroxylation is 1. The molecular formula is C32H38ClN3O5S. The predicted octanol–water partition coefficient (Wildman–Crippen LogP) is 5.72. The number of benzene rings is 3. The highest BCUT2D eigenvalue weighted by Crippen LogP contribution is 2.33. The van der Waals surface area contributed by atoms with E-state index in [4.69, 9.17) is 16.3 Å². The van der Waals surface area contributed by atoms with E-state index in [0.717, 1.165) is 47.5 Å². The molecule has 3 aromatic rings. The van der Waals surface area contributed by atoms with E-state index < -0.39 is 28.5 Å². The maximum Gasteiger partial charge on any atom is 0.264 e. The number of amides is 2. The summed E-state index contributed by atoms with van der Waals surface area (Å²) < 4.78 is 34.7. The number of rotatable bonds is 11. The number of anilines is 1. The van der Waals surface area contributed by atoms with Crippen LogP contribution in [0, 0.1) is 6.92 Å². The number of methoxy groups -OCH3 is 1. The SMILES string of the molecule is COc1ccc(C)cc1N(CC(=O)N(Cc1ccc(Cl)cc1)[C@H](C)C(=O)NC1CCCCC1)S(=O)(=O)c1ccccc1. The van der Waals surface area contributed by atoms with Gasteiger partial charge in [-0.2, -0.15) is 0 Å². The van der Waals surface area contributed by atoms with Crippen LogP contribution in [0.1, 0.15) is 50.2 Å². The summed E-state index contributed by atoms with van der Waals surface area (Å²) >= 11 is 6.09. The molecule has 1 fully saturated rings. The molecule has 0 unspecified atom stereocenters. The summed E-state index contributed by atoms with van der Waals surface area (Å²) in [5.41, 5.74) is 1.79. The zero-order valence-electron chi connectivity index (χ0n) is 24.3. The van der Waals surface area contributed by atoms with Gasteiger partial charge in [-0.25, -0.2) is 8.42 Å². The summed E-state index contributed by atoms with van der Waals surface area (Å²) in [5, 5.41) is 3.66. The lowest BCUT2D eigenvalue weighted by molar-refractivity contribution is -0.139. The molecule has 224 valence electrons. The molecule has 1 N–H and O–H groups in total. The van der Waals surface area contributed by atoms with Crippen LogP contribution in [-0.4, -0.2) is 50.9 Å². The molecule has 3 aromatic carbocycles. The van der Waals surface area contributed by atoms with Crippen molar-refractivity contribution < 1.29 is 22.7 Å². The predicted molar refractivity (Wildman–Crippen MR) is 165 cm³/mol. The lowest BCUT2D eigenvalue weighted by Crippen LogP contribution is -2.53. The van der Waals surface area contributed by atoms with Crippen molar-refractivity contribution in [1.82, 2.24) is 10.2 Å². The molecular weight excluding hydrogens is 574 g/mol. The molecule has 0 heterocycles. The summed E-state index contributed by atoms with van der Waals surface area (Å²) in [6.07, 6.45) is 5.06. The van der Waals surface area contributed by atoms with Crippen LogP contribution in [-0.2, 0) is 26.2 Å². The van der Waals surface area contributed by atoms with Crippen molar-refractivity contribution in [2.75, 3.05) is 18.0 Å². The number of hydrogen-bond acceptors (Lipinski definition) is 5. The third-order valence-electron chi connectivity index (χ3n) is 7.60. The number of sulfonamides is 1. The Bertz CT molecular complexity index is 1480. The molecule has 4 rings (SSSR count). The van der Waals surface area contributed by atoms with Gasteiger partial charge in [0.25, 0.3) is 10.0 Å². The van der Waals surface area contributed by atoms with E-state index in [1.807, 2.05) is 13.0 Å². The average Bonchev–Trinajstić information content (AvgIpc) is 3.00. The number of nitrogens with zero attached hydrogens (tertiary/aromatic N) is 2. The highest BCUT2D eigenvalue weighted by molar-refractivity contribution is 7.92. The van der Waals surface area contributed by atoms with Gasteiger partial charge in [0.15, 0.2) is 0 Å². The van der Waals surface area contributed by atoms with Gasteiger partial charge >= 0.3 is 0 Å². The minimum atomic E-state index is -4.19. The summed E-state index contributed by atoms with van der Waals surface area (Å²) in [4.78, 5) is 29.1. The fourth-order valence-electron chi connectivity index (χ4n) is 5.17. The number of ether oxygens (including phenoxy) is 1. The van der Waals surface area contributed by atoms with Crippen LogP contribution in [0.25, 0.3) is 0 Å². The summed E-state index contributed by atoms with van der Waals surface area (Å²) in [6, 6.07) is 19.3. The van der Waals surface area contributed by atoms with Crippen LogP contribution in [0.4, 0.5) is 5.69 Å². The topological polar surface area (TPSA) is 96.0 Å². The standard InChI is InChI=1S/C32H38ClN3O5S/c1-23-14-19-30(41-3)29(20-23)36(42(39,40)28-12-8-5-9-13-28)22-31(37)35(21-25-15-17-26(33)18-16-25)24(2)32(38)34-27-10-6-4-7-11-27/h5,8-9,12-20,24,27H,4,6-7,10-11,21-22H2,1-3H3,(H,34,38)/t24-/m1/s1. The summed E-state index contributed by atoms with van der Waals surface area (Å²) in [5.74, 6) is -0.491. The second-order valence-electron chi connectivity index (χ2n) is 10.7. The normalized spacial score (nSPS) is 14.6. The molecule has 8 nitrogen and oxygen atoms in total. The molecule has 0 saturated heterocycles. The van der Waals surface area contributed by atoms with E-state index in [-0.39, 0.29) is 29.1 Å². The van der Waals surface area contributed by atoms with Crippen molar-refractivity contribution in [3.63, 3.8) is 0 Å². The third kappa shape index (κ3) is 7.63. The molecule has 0 bridgehead atoms. The minimum Gasteiger partial charge on any atom is -0.495 e. The van der Waals surface area contributed by atoms with Crippen LogP contribution in [0.3, 0.4) is 0 Å². The monoisotopic (exact) mass is 611 g/mol. The van der Waals surface area contributed by atoms with Crippen LogP contribution >= 0.6 is 11.6 Å². The molecule has 0 aromatic heterocycles. The van der Waals surface area contributed by atoms with E-state index in [2.05, 4.69) is 5.32 Å². The molecule has 1 saturated carbocycles. The van der Waals surface area contributed by atoms with Gasteiger partial charge in [0.1, 0.15) is 18.3 Å². The molecule has 1 aliphatic rings. The zero-order chi connectivity index (χ0) is 30.3. The Balaban J connectivity index is 1.71. The van der Waals surface area contributed by atoms with Crippen molar-refractivity contribution in [2.45, 2.75) is 69.5 Å². The fourth-order valence-corrected chi connectivity index (χ4v) is 6.73.